The van der Waals surface area contributed by atoms with Crippen LogP contribution in [0, 0.1) is 5.92 Å². The van der Waals surface area contributed by atoms with E-state index in [1.54, 1.807) is 0 Å². The number of hydrogen-bond acceptors (Lipinski definition) is 2. The second-order valence-corrected chi connectivity index (χ2v) is 6.38. The van der Waals surface area contributed by atoms with Gasteiger partial charge in [-0.1, -0.05) is 31.4 Å². The van der Waals surface area contributed by atoms with Gasteiger partial charge < -0.3 is 10.1 Å². The Labute approximate surface area is 123 Å². The molecule has 0 spiro atoms. The fourth-order valence-corrected chi connectivity index (χ4v) is 3.04. The number of rotatable bonds is 6. The van der Waals surface area contributed by atoms with E-state index in [4.69, 9.17) is 4.74 Å². The third kappa shape index (κ3) is 4.82. The zero-order valence-corrected chi connectivity index (χ0v) is 13.2. The van der Waals surface area contributed by atoms with Crippen LogP contribution >= 0.6 is 0 Å². The molecule has 2 heteroatoms. The summed E-state index contributed by atoms with van der Waals surface area (Å²) in [6.45, 7) is 7.41. The summed E-state index contributed by atoms with van der Waals surface area (Å²) in [5, 5.41) is 3.69. The highest BCUT2D eigenvalue weighted by atomic mass is 16.5. The van der Waals surface area contributed by atoms with E-state index >= 15 is 0 Å². The highest BCUT2D eigenvalue weighted by Gasteiger charge is 2.19. The van der Waals surface area contributed by atoms with Gasteiger partial charge in [-0.3, -0.25) is 0 Å². The first-order valence-corrected chi connectivity index (χ1v) is 8.14. The maximum atomic E-state index is 5.67. The second kappa shape index (κ2) is 7.68. The van der Waals surface area contributed by atoms with Gasteiger partial charge in [0.05, 0.1) is 6.10 Å². The van der Waals surface area contributed by atoms with Crippen LogP contribution in [0.25, 0.3) is 0 Å². The van der Waals surface area contributed by atoms with Crippen LogP contribution < -0.4 is 10.1 Å². The molecule has 0 amide bonds. The molecule has 2 nitrogen and oxygen atoms in total. The first kappa shape index (κ1) is 15.4. The van der Waals surface area contributed by atoms with Gasteiger partial charge in [0.25, 0.3) is 0 Å². The minimum Gasteiger partial charge on any atom is -0.491 e. The highest BCUT2D eigenvalue weighted by Crippen LogP contribution is 2.26. The van der Waals surface area contributed by atoms with Crippen molar-refractivity contribution in [2.24, 2.45) is 5.92 Å². The minimum absolute atomic E-state index is 0.241. The highest BCUT2D eigenvalue weighted by molar-refractivity contribution is 5.27. The minimum atomic E-state index is 0.241. The molecule has 0 aromatic heterocycles. The van der Waals surface area contributed by atoms with Gasteiger partial charge in [-0.25, -0.2) is 0 Å². The molecule has 1 unspecified atom stereocenters. The monoisotopic (exact) mass is 275 g/mol. The number of nitrogens with one attached hydrogen (secondary N) is 1. The molecule has 1 aliphatic rings. The fraction of sp³-hybridized carbons (Fsp3) is 0.667. The summed E-state index contributed by atoms with van der Waals surface area (Å²) < 4.78 is 5.67. The van der Waals surface area contributed by atoms with Crippen LogP contribution in [0.5, 0.6) is 5.75 Å². The van der Waals surface area contributed by atoms with Crippen molar-refractivity contribution in [1.29, 1.82) is 0 Å². The molecule has 1 N–H and O–H groups in total. The van der Waals surface area contributed by atoms with Gasteiger partial charge >= 0.3 is 0 Å². The van der Waals surface area contributed by atoms with E-state index in [2.05, 4.69) is 50.4 Å². The van der Waals surface area contributed by atoms with Crippen molar-refractivity contribution >= 4 is 0 Å². The fourth-order valence-electron chi connectivity index (χ4n) is 3.04. The molecule has 1 saturated carbocycles. The van der Waals surface area contributed by atoms with Crippen molar-refractivity contribution in [3.63, 3.8) is 0 Å². The van der Waals surface area contributed by atoms with E-state index in [0.29, 0.717) is 6.04 Å². The van der Waals surface area contributed by atoms with Crippen molar-refractivity contribution in [2.75, 3.05) is 0 Å². The first-order chi connectivity index (χ1) is 9.65. The Morgan fingerprint density at radius 1 is 1.05 bits per heavy atom. The predicted octanol–water partition coefficient (Wildman–Crippen LogP) is 4.53. The maximum Gasteiger partial charge on any atom is 0.119 e. The molecule has 1 aromatic carbocycles. The summed E-state index contributed by atoms with van der Waals surface area (Å²) in [6, 6.07) is 9.10. The van der Waals surface area contributed by atoms with E-state index in [1.807, 2.05) is 0 Å². The van der Waals surface area contributed by atoms with Gasteiger partial charge in [-0.2, -0.15) is 0 Å². The Kier molecular flexibility index (Phi) is 5.90. The number of ether oxygens (including phenoxy) is 1. The molecular formula is C18H29NO. The molecule has 0 aliphatic heterocycles. The largest absolute Gasteiger partial charge is 0.491 e. The molecule has 20 heavy (non-hydrogen) atoms. The summed E-state index contributed by atoms with van der Waals surface area (Å²) in [5.41, 5.74) is 1.34. The lowest BCUT2D eigenvalue weighted by molar-refractivity contribution is 0.242. The van der Waals surface area contributed by atoms with E-state index in [-0.39, 0.29) is 6.10 Å². The molecule has 1 atom stereocenters. The van der Waals surface area contributed by atoms with E-state index in [1.165, 1.54) is 37.7 Å². The molecule has 0 radical (unpaired) electrons. The van der Waals surface area contributed by atoms with Crippen LogP contribution in [-0.4, -0.2) is 12.1 Å². The van der Waals surface area contributed by atoms with E-state index in [0.717, 1.165) is 18.2 Å². The Morgan fingerprint density at radius 2 is 1.70 bits per heavy atom. The Morgan fingerprint density at radius 3 is 2.30 bits per heavy atom. The van der Waals surface area contributed by atoms with Crippen LogP contribution in [0.1, 0.15) is 58.4 Å². The summed E-state index contributed by atoms with van der Waals surface area (Å²) in [7, 11) is 0. The van der Waals surface area contributed by atoms with E-state index in [9.17, 15) is 0 Å². The molecule has 2 rings (SSSR count). The first-order valence-electron chi connectivity index (χ1n) is 8.14. The third-order valence-electron chi connectivity index (χ3n) is 4.28. The van der Waals surface area contributed by atoms with Crippen molar-refractivity contribution in [1.82, 2.24) is 5.32 Å². The third-order valence-corrected chi connectivity index (χ3v) is 4.28. The molecule has 1 fully saturated rings. The zero-order valence-electron chi connectivity index (χ0n) is 13.2. The average molecular weight is 275 g/mol. The van der Waals surface area contributed by atoms with Crippen LogP contribution in [0.4, 0.5) is 0 Å². The van der Waals surface area contributed by atoms with Gasteiger partial charge in [-0.05, 0) is 57.2 Å². The number of hydrogen-bond donors (Lipinski definition) is 1. The lowest BCUT2D eigenvalue weighted by Gasteiger charge is -2.28. The molecular weight excluding hydrogens is 246 g/mol. The predicted molar refractivity (Wildman–Crippen MR) is 85.1 cm³/mol. The smallest absolute Gasteiger partial charge is 0.119 e. The summed E-state index contributed by atoms with van der Waals surface area (Å²) >= 11 is 0. The maximum absolute atomic E-state index is 5.67. The topological polar surface area (TPSA) is 21.3 Å². The lowest BCUT2D eigenvalue weighted by atomic mass is 9.84. The molecule has 0 heterocycles. The second-order valence-electron chi connectivity index (χ2n) is 6.38. The standard InChI is InChI=1S/C18H29NO/c1-14(2)20-18-11-9-16(10-12-18)13-19-15(3)17-7-5-4-6-8-17/h9-12,14-15,17,19H,4-8,13H2,1-3H3. The SMILES string of the molecule is CC(C)Oc1ccc(CNC(C)C2CCCCC2)cc1. The lowest BCUT2D eigenvalue weighted by Crippen LogP contribution is -2.34. The Balaban J connectivity index is 1.78. The zero-order chi connectivity index (χ0) is 14.4. The summed E-state index contributed by atoms with van der Waals surface area (Å²) in [4.78, 5) is 0. The summed E-state index contributed by atoms with van der Waals surface area (Å²) in [6.07, 6.45) is 7.30. The van der Waals surface area contributed by atoms with Gasteiger partial charge in [0.2, 0.25) is 0 Å². The van der Waals surface area contributed by atoms with Gasteiger partial charge in [0.1, 0.15) is 5.75 Å². The Hall–Kier alpha value is -1.02. The Bertz CT molecular complexity index is 379. The van der Waals surface area contributed by atoms with Crippen molar-refractivity contribution < 1.29 is 4.74 Å². The molecule has 112 valence electrons. The van der Waals surface area contributed by atoms with Crippen molar-refractivity contribution in [2.45, 2.75) is 71.6 Å². The van der Waals surface area contributed by atoms with Gasteiger partial charge in [-0.15, -0.1) is 0 Å². The normalized spacial score (nSPS) is 18.2. The van der Waals surface area contributed by atoms with Crippen molar-refractivity contribution in [3.05, 3.63) is 29.8 Å². The van der Waals surface area contributed by atoms with Crippen LogP contribution in [0.15, 0.2) is 24.3 Å². The van der Waals surface area contributed by atoms with Gasteiger partial charge in [0.15, 0.2) is 0 Å². The molecule has 1 aliphatic carbocycles. The van der Waals surface area contributed by atoms with Crippen LogP contribution in [-0.2, 0) is 6.54 Å². The van der Waals surface area contributed by atoms with Gasteiger partial charge in [0, 0.05) is 12.6 Å². The number of benzene rings is 1. The van der Waals surface area contributed by atoms with E-state index < -0.39 is 0 Å². The van der Waals surface area contributed by atoms with Crippen LogP contribution in [0.3, 0.4) is 0 Å². The quantitative estimate of drug-likeness (QED) is 0.823. The van der Waals surface area contributed by atoms with Crippen LogP contribution in [0.2, 0.25) is 0 Å². The molecule has 0 bridgehead atoms. The van der Waals surface area contributed by atoms with Crippen molar-refractivity contribution in [3.8, 4) is 5.75 Å². The summed E-state index contributed by atoms with van der Waals surface area (Å²) in [5.74, 6) is 1.83. The average Bonchev–Trinajstić information content (AvgIpc) is 2.46. The molecule has 0 saturated heterocycles. The molecule has 1 aromatic rings.